The number of nitrogens with one attached hydrogen (secondary N) is 2. The molecule has 1 heterocycles. The maximum Gasteiger partial charge on any atom is 0.246 e. The normalized spacial score (nSPS) is 16.5. The van der Waals surface area contributed by atoms with Gasteiger partial charge in [0.05, 0.1) is 0 Å². The molecule has 3 rings (SSSR count). The molecule has 0 spiro atoms. The molecular formula is C15H12F2N2O2. The van der Waals surface area contributed by atoms with E-state index in [2.05, 4.69) is 10.6 Å². The number of rotatable bonds is 3. The maximum absolute atomic E-state index is 13.1. The highest BCUT2D eigenvalue weighted by atomic mass is 19.1. The molecule has 0 aliphatic carbocycles. The summed E-state index contributed by atoms with van der Waals surface area (Å²) in [6.45, 7) is 0. The molecule has 1 aliphatic rings. The molecule has 6 heteroatoms. The van der Waals surface area contributed by atoms with E-state index in [-0.39, 0.29) is 11.7 Å². The van der Waals surface area contributed by atoms with Gasteiger partial charge in [0, 0.05) is 35.5 Å². The summed E-state index contributed by atoms with van der Waals surface area (Å²) in [5, 5.41) is 5.62. The Balaban J connectivity index is 1.88. The van der Waals surface area contributed by atoms with Crippen molar-refractivity contribution in [2.75, 3.05) is 12.4 Å². The lowest BCUT2D eigenvalue weighted by atomic mass is 10.1. The molecule has 0 aromatic heterocycles. The molecule has 1 aliphatic heterocycles. The Morgan fingerprint density at radius 1 is 1.10 bits per heavy atom. The number of anilines is 1. The predicted molar refractivity (Wildman–Crippen MR) is 73.3 cm³/mol. The van der Waals surface area contributed by atoms with Crippen molar-refractivity contribution in [3.8, 4) is 11.5 Å². The Morgan fingerprint density at radius 2 is 1.81 bits per heavy atom. The van der Waals surface area contributed by atoms with Crippen LogP contribution in [0.5, 0.6) is 11.5 Å². The fourth-order valence-corrected chi connectivity index (χ4v) is 2.32. The van der Waals surface area contributed by atoms with Crippen LogP contribution in [0, 0.1) is 11.6 Å². The molecule has 0 saturated carbocycles. The first-order valence-electron chi connectivity index (χ1n) is 6.33. The summed E-state index contributed by atoms with van der Waals surface area (Å²) < 4.78 is 31.6. The lowest BCUT2D eigenvalue weighted by Gasteiger charge is -2.09. The molecule has 4 nitrogen and oxygen atoms in total. The SMILES string of the molecule is CNC1C(=O)Nc2cc(Oc3cc(F)cc(F)c3)ccc21. The van der Waals surface area contributed by atoms with Crippen molar-refractivity contribution in [3.63, 3.8) is 0 Å². The van der Waals surface area contributed by atoms with Crippen LogP contribution in [0.15, 0.2) is 36.4 Å². The summed E-state index contributed by atoms with van der Waals surface area (Å²) in [5.41, 5.74) is 1.42. The molecule has 1 amide bonds. The maximum atomic E-state index is 13.1. The number of carbonyl (C=O) groups is 1. The quantitative estimate of drug-likeness (QED) is 0.913. The number of halogens is 2. The molecule has 108 valence electrons. The average Bonchev–Trinajstić information content (AvgIpc) is 2.71. The van der Waals surface area contributed by atoms with Crippen LogP contribution in [-0.2, 0) is 4.79 Å². The molecule has 2 N–H and O–H groups in total. The van der Waals surface area contributed by atoms with E-state index in [4.69, 9.17) is 4.74 Å². The number of benzene rings is 2. The van der Waals surface area contributed by atoms with E-state index in [1.807, 2.05) is 0 Å². The van der Waals surface area contributed by atoms with Crippen molar-refractivity contribution in [1.29, 1.82) is 0 Å². The predicted octanol–water partition coefficient (Wildman–Crippen LogP) is 2.97. The number of ether oxygens (including phenoxy) is 1. The fraction of sp³-hybridized carbons (Fsp3) is 0.133. The Hall–Kier alpha value is -2.47. The van der Waals surface area contributed by atoms with E-state index < -0.39 is 17.7 Å². The Kier molecular flexibility index (Phi) is 3.31. The van der Waals surface area contributed by atoms with Gasteiger partial charge in [0.2, 0.25) is 5.91 Å². The topological polar surface area (TPSA) is 50.4 Å². The van der Waals surface area contributed by atoms with Gasteiger partial charge in [0.15, 0.2) is 0 Å². The van der Waals surface area contributed by atoms with Gasteiger partial charge in [-0.3, -0.25) is 4.79 Å². The number of likely N-dealkylation sites (N-methyl/N-ethyl adjacent to an activating group) is 1. The molecule has 2 aromatic rings. The highest BCUT2D eigenvalue weighted by Gasteiger charge is 2.29. The third-order valence-electron chi connectivity index (χ3n) is 3.22. The minimum absolute atomic E-state index is 0.0574. The lowest BCUT2D eigenvalue weighted by molar-refractivity contribution is -0.117. The molecule has 0 saturated heterocycles. The minimum Gasteiger partial charge on any atom is -0.457 e. The second-order valence-electron chi connectivity index (χ2n) is 4.67. The summed E-state index contributed by atoms with van der Waals surface area (Å²) >= 11 is 0. The first kappa shape index (κ1) is 13.5. The van der Waals surface area contributed by atoms with E-state index in [0.29, 0.717) is 11.4 Å². The fourth-order valence-electron chi connectivity index (χ4n) is 2.32. The van der Waals surface area contributed by atoms with Crippen molar-refractivity contribution >= 4 is 11.6 Å². The molecule has 0 radical (unpaired) electrons. The van der Waals surface area contributed by atoms with Gasteiger partial charge in [-0.25, -0.2) is 8.78 Å². The third kappa shape index (κ3) is 2.57. The van der Waals surface area contributed by atoms with Crippen molar-refractivity contribution in [2.45, 2.75) is 6.04 Å². The van der Waals surface area contributed by atoms with Gasteiger partial charge >= 0.3 is 0 Å². The molecule has 21 heavy (non-hydrogen) atoms. The van der Waals surface area contributed by atoms with Crippen molar-refractivity contribution in [2.24, 2.45) is 0 Å². The summed E-state index contributed by atoms with van der Waals surface area (Å²) in [6, 6.07) is 7.55. The number of hydrogen-bond acceptors (Lipinski definition) is 3. The zero-order valence-corrected chi connectivity index (χ0v) is 11.1. The Labute approximate surface area is 119 Å². The van der Waals surface area contributed by atoms with E-state index in [1.54, 1.807) is 25.2 Å². The van der Waals surface area contributed by atoms with Gasteiger partial charge in [-0.2, -0.15) is 0 Å². The minimum atomic E-state index is -0.713. The zero-order valence-electron chi connectivity index (χ0n) is 11.1. The first-order valence-corrected chi connectivity index (χ1v) is 6.33. The third-order valence-corrected chi connectivity index (χ3v) is 3.22. The monoisotopic (exact) mass is 290 g/mol. The van der Waals surface area contributed by atoms with E-state index in [0.717, 1.165) is 23.8 Å². The Bertz CT molecular complexity index is 699. The summed E-state index contributed by atoms with van der Waals surface area (Å²) in [5.74, 6) is -1.14. The molecule has 1 unspecified atom stereocenters. The lowest BCUT2D eigenvalue weighted by Crippen LogP contribution is -2.23. The van der Waals surface area contributed by atoms with Crippen LogP contribution in [0.2, 0.25) is 0 Å². The van der Waals surface area contributed by atoms with Gasteiger partial charge < -0.3 is 15.4 Å². The van der Waals surface area contributed by atoms with Gasteiger partial charge in [-0.15, -0.1) is 0 Å². The van der Waals surface area contributed by atoms with E-state index in [1.165, 1.54) is 0 Å². The van der Waals surface area contributed by atoms with Gasteiger partial charge in [0.25, 0.3) is 0 Å². The molecule has 0 bridgehead atoms. The average molecular weight is 290 g/mol. The van der Waals surface area contributed by atoms with Crippen LogP contribution in [0.3, 0.4) is 0 Å². The number of hydrogen-bond donors (Lipinski definition) is 2. The number of amides is 1. The highest BCUT2D eigenvalue weighted by molar-refractivity contribution is 6.02. The highest BCUT2D eigenvalue weighted by Crippen LogP contribution is 2.35. The van der Waals surface area contributed by atoms with Crippen molar-refractivity contribution in [3.05, 3.63) is 53.6 Å². The van der Waals surface area contributed by atoms with Gasteiger partial charge in [-0.05, 0) is 13.1 Å². The van der Waals surface area contributed by atoms with Crippen LogP contribution in [0.25, 0.3) is 0 Å². The molecule has 1 atom stereocenters. The van der Waals surface area contributed by atoms with Gasteiger partial charge in [0.1, 0.15) is 29.2 Å². The largest absolute Gasteiger partial charge is 0.457 e. The zero-order chi connectivity index (χ0) is 15.0. The van der Waals surface area contributed by atoms with Crippen molar-refractivity contribution in [1.82, 2.24) is 5.32 Å². The van der Waals surface area contributed by atoms with Crippen LogP contribution >= 0.6 is 0 Å². The second kappa shape index (κ2) is 5.14. The molecule has 2 aromatic carbocycles. The second-order valence-corrected chi connectivity index (χ2v) is 4.67. The summed E-state index contributed by atoms with van der Waals surface area (Å²) in [4.78, 5) is 11.7. The molecule has 0 fully saturated rings. The van der Waals surface area contributed by atoms with E-state index in [9.17, 15) is 13.6 Å². The van der Waals surface area contributed by atoms with Crippen molar-refractivity contribution < 1.29 is 18.3 Å². The number of fused-ring (bicyclic) bond motifs is 1. The van der Waals surface area contributed by atoms with Crippen LogP contribution < -0.4 is 15.4 Å². The van der Waals surface area contributed by atoms with Crippen LogP contribution in [-0.4, -0.2) is 13.0 Å². The Morgan fingerprint density at radius 3 is 2.48 bits per heavy atom. The van der Waals surface area contributed by atoms with Gasteiger partial charge in [-0.1, -0.05) is 6.07 Å². The number of carbonyl (C=O) groups excluding carboxylic acids is 1. The summed E-state index contributed by atoms with van der Waals surface area (Å²) in [7, 11) is 1.69. The first-order chi connectivity index (χ1) is 10.1. The van der Waals surface area contributed by atoms with Crippen LogP contribution in [0.4, 0.5) is 14.5 Å². The van der Waals surface area contributed by atoms with Crippen LogP contribution in [0.1, 0.15) is 11.6 Å². The summed E-state index contributed by atoms with van der Waals surface area (Å²) in [6.07, 6.45) is 0. The molecular weight excluding hydrogens is 278 g/mol. The van der Waals surface area contributed by atoms with E-state index >= 15 is 0 Å². The standard InChI is InChI=1S/C15H12F2N2O2/c1-18-14-12-3-2-10(7-13(12)19-15(14)20)21-11-5-8(16)4-9(17)6-11/h2-7,14,18H,1H3,(H,19,20). The smallest absolute Gasteiger partial charge is 0.246 e.